The number of hydrogen-bond donors (Lipinski definition) is 1. The number of ether oxygens (including phenoxy) is 2. The van der Waals surface area contributed by atoms with Gasteiger partial charge in [-0.2, -0.15) is 0 Å². The van der Waals surface area contributed by atoms with Gasteiger partial charge in [-0.3, -0.25) is 14.8 Å². The summed E-state index contributed by atoms with van der Waals surface area (Å²) in [7, 11) is 2.88. The van der Waals surface area contributed by atoms with Gasteiger partial charge in [0, 0.05) is 30.4 Å². The van der Waals surface area contributed by atoms with E-state index >= 15 is 4.39 Å². The summed E-state index contributed by atoms with van der Waals surface area (Å²) in [6.07, 6.45) is 3.94. The van der Waals surface area contributed by atoms with Gasteiger partial charge in [-0.25, -0.2) is 9.18 Å². The second kappa shape index (κ2) is 12.1. The highest BCUT2D eigenvalue weighted by Gasteiger charge is 2.23. The number of hydrogen-bond acceptors (Lipinski definition) is 7. The van der Waals surface area contributed by atoms with Crippen molar-refractivity contribution in [2.24, 2.45) is 18.7 Å². The number of aryl methyl sites for hydroxylation is 3. The van der Waals surface area contributed by atoms with Crippen LogP contribution in [0.4, 0.5) is 4.39 Å². The highest BCUT2D eigenvalue weighted by atomic mass is 35.5. The van der Waals surface area contributed by atoms with Crippen LogP contribution in [-0.2, 0) is 11.8 Å². The summed E-state index contributed by atoms with van der Waals surface area (Å²) in [5, 5.41) is 2.22. The number of benzene rings is 1. The minimum atomic E-state index is -0.562. The van der Waals surface area contributed by atoms with Gasteiger partial charge in [0.2, 0.25) is 0 Å². The zero-order valence-electron chi connectivity index (χ0n) is 23.3. The molecule has 208 valence electrons. The molecule has 0 spiro atoms. The van der Waals surface area contributed by atoms with Gasteiger partial charge in [-0.15, -0.1) is 0 Å². The van der Waals surface area contributed by atoms with Crippen molar-refractivity contribution in [3.8, 4) is 5.75 Å². The summed E-state index contributed by atoms with van der Waals surface area (Å²) >= 11 is 5.76. The lowest BCUT2D eigenvalue weighted by Crippen LogP contribution is -2.43. The summed E-state index contributed by atoms with van der Waals surface area (Å²) in [4.78, 5) is 32.0. The Balaban J connectivity index is 0.000000293. The van der Waals surface area contributed by atoms with Gasteiger partial charge >= 0.3 is 5.97 Å². The normalized spacial score (nSPS) is 12.7. The largest absolute Gasteiger partial charge is 0.489 e. The lowest BCUT2D eigenvalue weighted by molar-refractivity contribution is 0.0599. The Labute approximate surface area is 231 Å². The number of fused-ring (bicyclic) bond motifs is 3. The molecule has 10 heteroatoms. The molecule has 0 amide bonds. The Morgan fingerprint density at radius 3 is 2.38 bits per heavy atom. The second-order valence-corrected chi connectivity index (χ2v) is 10.6. The molecule has 3 heterocycles. The Morgan fingerprint density at radius 2 is 1.77 bits per heavy atom. The third-order valence-corrected chi connectivity index (χ3v) is 6.59. The molecule has 3 aromatic heterocycles. The number of nitrogens with two attached hydrogens (primary N) is 1. The number of esters is 1. The molecule has 1 aromatic carbocycles. The minimum Gasteiger partial charge on any atom is -0.489 e. The van der Waals surface area contributed by atoms with E-state index in [1.165, 1.54) is 11.7 Å². The monoisotopic (exact) mass is 556 g/mol. The molecule has 0 radical (unpaired) electrons. The van der Waals surface area contributed by atoms with Gasteiger partial charge in [0.15, 0.2) is 11.6 Å². The highest BCUT2D eigenvalue weighted by Crippen LogP contribution is 2.31. The Bertz CT molecular complexity index is 1560. The van der Waals surface area contributed by atoms with Crippen molar-refractivity contribution in [2.45, 2.75) is 46.6 Å². The van der Waals surface area contributed by atoms with E-state index in [0.717, 1.165) is 6.42 Å². The molecule has 0 bridgehead atoms. The smallest absolute Gasteiger partial charge is 0.341 e. The average Bonchev–Trinajstić information content (AvgIpc) is 2.85. The number of pyridine rings is 3. The summed E-state index contributed by atoms with van der Waals surface area (Å²) < 4.78 is 26.8. The fraction of sp³-hybridized carbons (Fsp3) is 0.379. The lowest BCUT2D eigenvalue weighted by Gasteiger charge is -2.27. The number of aromatic nitrogens is 3. The summed E-state index contributed by atoms with van der Waals surface area (Å²) in [5.41, 5.74) is 7.19. The molecule has 2 N–H and O–H groups in total. The maximum atomic E-state index is 15.2. The van der Waals surface area contributed by atoms with E-state index in [0.29, 0.717) is 44.1 Å². The zero-order valence-corrected chi connectivity index (χ0v) is 24.0. The number of methoxy groups -OCH3 is 1. The van der Waals surface area contributed by atoms with Gasteiger partial charge in [0.05, 0.1) is 40.0 Å². The minimum absolute atomic E-state index is 0.100. The van der Waals surface area contributed by atoms with Gasteiger partial charge in [-0.05, 0) is 62.8 Å². The molecule has 1 unspecified atom stereocenters. The van der Waals surface area contributed by atoms with Crippen LogP contribution in [0.25, 0.3) is 21.7 Å². The predicted octanol–water partition coefficient (Wildman–Crippen LogP) is 5.51. The molecular weight excluding hydrogens is 523 g/mol. The Kier molecular flexibility index (Phi) is 9.30. The summed E-state index contributed by atoms with van der Waals surface area (Å²) in [6.45, 7) is 9.74. The quantitative estimate of drug-likeness (QED) is 0.246. The fourth-order valence-corrected chi connectivity index (χ4v) is 4.92. The topological polar surface area (TPSA) is 109 Å². The number of nitrogens with zero attached hydrogens (tertiary/aromatic N) is 3. The van der Waals surface area contributed by atoms with Crippen LogP contribution < -0.4 is 16.0 Å². The van der Waals surface area contributed by atoms with Crippen LogP contribution in [0.3, 0.4) is 0 Å². The van der Waals surface area contributed by atoms with E-state index in [9.17, 15) is 9.59 Å². The van der Waals surface area contributed by atoms with Crippen LogP contribution in [0.1, 0.15) is 48.9 Å². The third-order valence-electron chi connectivity index (χ3n) is 6.28. The molecule has 4 rings (SSSR count). The van der Waals surface area contributed by atoms with Crippen LogP contribution in [0.2, 0.25) is 5.02 Å². The van der Waals surface area contributed by atoms with E-state index in [2.05, 4.69) is 28.6 Å². The first-order chi connectivity index (χ1) is 18.3. The standard InChI is InChI=1S/C21H26FN3O2.C8H8ClNO2/c1-12(2)10-21(4,23)11-27-16-7-6-15-14-8-9-24-13(3)17(14)20(26)25(5)19(15)18(16)22;1-5-7(8(11)12-2)6(9)3-4-10-5/h6-9,12H,10-11,23H2,1-5H3;3-4H,1-2H3. The van der Waals surface area contributed by atoms with E-state index in [-0.39, 0.29) is 23.4 Å². The van der Waals surface area contributed by atoms with Crippen molar-refractivity contribution in [3.05, 3.63) is 74.8 Å². The second-order valence-electron chi connectivity index (χ2n) is 10.2. The molecule has 0 aliphatic carbocycles. The van der Waals surface area contributed by atoms with Crippen molar-refractivity contribution in [1.82, 2.24) is 14.5 Å². The van der Waals surface area contributed by atoms with Crippen molar-refractivity contribution in [3.63, 3.8) is 0 Å². The van der Waals surface area contributed by atoms with E-state index in [1.54, 1.807) is 57.6 Å². The highest BCUT2D eigenvalue weighted by molar-refractivity contribution is 6.33. The van der Waals surface area contributed by atoms with Gasteiger partial charge in [-0.1, -0.05) is 25.4 Å². The molecule has 4 aromatic rings. The first-order valence-electron chi connectivity index (χ1n) is 12.5. The molecule has 8 nitrogen and oxygen atoms in total. The summed E-state index contributed by atoms with van der Waals surface area (Å²) in [5.74, 6) is -0.494. The van der Waals surface area contributed by atoms with E-state index in [1.807, 2.05) is 6.92 Å². The van der Waals surface area contributed by atoms with Crippen LogP contribution in [0.5, 0.6) is 5.75 Å². The number of carbonyl (C=O) groups excluding carboxylic acids is 1. The van der Waals surface area contributed by atoms with Gasteiger partial charge < -0.3 is 19.8 Å². The fourth-order valence-electron chi connectivity index (χ4n) is 4.65. The van der Waals surface area contributed by atoms with E-state index in [4.69, 9.17) is 22.1 Å². The lowest BCUT2D eigenvalue weighted by atomic mass is 9.93. The first-order valence-corrected chi connectivity index (χ1v) is 12.8. The zero-order chi connectivity index (χ0) is 29.1. The molecule has 1 atom stereocenters. The summed E-state index contributed by atoms with van der Waals surface area (Å²) in [6, 6.07) is 6.68. The van der Waals surface area contributed by atoms with Crippen LogP contribution in [-0.4, -0.2) is 39.8 Å². The van der Waals surface area contributed by atoms with Crippen molar-refractivity contribution >= 4 is 39.2 Å². The van der Waals surface area contributed by atoms with Gasteiger partial charge in [0.1, 0.15) is 6.61 Å². The Morgan fingerprint density at radius 1 is 1.13 bits per heavy atom. The molecule has 0 fully saturated rings. The maximum absolute atomic E-state index is 15.2. The first kappa shape index (κ1) is 30.0. The molecule has 0 aliphatic heterocycles. The van der Waals surface area contributed by atoms with E-state index < -0.39 is 17.3 Å². The maximum Gasteiger partial charge on any atom is 0.341 e. The molecule has 39 heavy (non-hydrogen) atoms. The number of carbonyl (C=O) groups is 1. The van der Waals surface area contributed by atoms with Crippen molar-refractivity contribution in [2.75, 3.05) is 13.7 Å². The van der Waals surface area contributed by atoms with Crippen molar-refractivity contribution in [1.29, 1.82) is 0 Å². The van der Waals surface area contributed by atoms with Crippen LogP contribution in [0, 0.1) is 25.6 Å². The predicted molar refractivity (Wildman–Crippen MR) is 152 cm³/mol. The number of rotatable bonds is 6. The number of halogens is 2. The molecule has 0 saturated carbocycles. The van der Waals surface area contributed by atoms with Crippen molar-refractivity contribution < 1.29 is 18.7 Å². The third kappa shape index (κ3) is 6.54. The molecular formula is C29H34ClFN4O4. The Hall–Kier alpha value is -3.56. The van der Waals surface area contributed by atoms with Crippen LogP contribution >= 0.6 is 11.6 Å². The van der Waals surface area contributed by atoms with Gasteiger partial charge in [0.25, 0.3) is 5.56 Å². The molecule has 0 aliphatic rings. The van der Waals surface area contributed by atoms with Crippen LogP contribution in [0.15, 0.2) is 41.5 Å². The molecule has 0 saturated heterocycles. The SMILES string of the molecule is COC(=O)c1c(Cl)ccnc1C.Cc1nccc2c1c(=O)n(C)c1c(F)c(OCC(C)(N)CC(C)C)ccc21. The average molecular weight is 557 g/mol.